The molecular weight excluding hydrogens is 454 g/mol. The maximum atomic E-state index is 13.6. The second-order valence-corrected chi connectivity index (χ2v) is 9.71. The summed E-state index contributed by atoms with van der Waals surface area (Å²) in [5, 5.41) is 11.7. The molecule has 0 aliphatic heterocycles. The van der Waals surface area contributed by atoms with E-state index in [2.05, 4.69) is 17.1 Å². The number of nitrogens with zero attached hydrogens (tertiary/aromatic N) is 4. The van der Waals surface area contributed by atoms with Gasteiger partial charge in [-0.3, -0.25) is 14.8 Å². The number of H-pyrrole nitrogens is 1. The molecule has 1 aliphatic rings. The van der Waals surface area contributed by atoms with Gasteiger partial charge in [0.2, 0.25) is 5.91 Å². The third kappa shape index (κ3) is 5.75. The van der Waals surface area contributed by atoms with Crippen LogP contribution < -0.4 is 4.90 Å². The number of anilines is 1. The molecule has 36 heavy (non-hydrogen) atoms. The molecule has 2 aromatic heterocycles. The molecule has 190 valence electrons. The summed E-state index contributed by atoms with van der Waals surface area (Å²) in [6, 6.07) is 9.54. The number of ether oxygens (including phenoxy) is 1. The van der Waals surface area contributed by atoms with E-state index in [0.717, 1.165) is 42.6 Å². The lowest BCUT2D eigenvalue weighted by molar-refractivity contribution is -0.124. The van der Waals surface area contributed by atoms with Crippen LogP contribution in [0, 0.1) is 11.8 Å². The van der Waals surface area contributed by atoms with Gasteiger partial charge in [0.1, 0.15) is 5.56 Å². The highest BCUT2D eigenvalue weighted by molar-refractivity contribution is 6.02. The summed E-state index contributed by atoms with van der Waals surface area (Å²) in [4.78, 5) is 28.2. The monoisotopic (exact) mass is 489 g/mol. The average molecular weight is 490 g/mol. The molecule has 4 rings (SSSR count). The van der Waals surface area contributed by atoms with Crippen molar-refractivity contribution in [3.05, 3.63) is 59.5 Å². The normalized spacial score (nSPS) is 18.0. The van der Waals surface area contributed by atoms with Crippen molar-refractivity contribution in [1.29, 1.82) is 0 Å². The van der Waals surface area contributed by atoms with Gasteiger partial charge < -0.3 is 4.74 Å². The average Bonchev–Trinajstić information content (AvgIpc) is 3.54. The van der Waals surface area contributed by atoms with Crippen molar-refractivity contribution >= 4 is 29.8 Å². The number of benzene rings is 1. The van der Waals surface area contributed by atoms with Crippen molar-refractivity contribution in [2.24, 2.45) is 11.8 Å². The molecule has 0 radical (unpaired) electrons. The summed E-state index contributed by atoms with van der Waals surface area (Å²) >= 11 is 0. The molecule has 0 bridgehead atoms. The van der Waals surface area contributed by atoms with E-state index in [0.29, 0.717) is 17.3 Å². The van der Waals surface area contributed by atoms with Crippen LogP contribution in [0.2, 0.25) is 0 Å². The lowest BCUT2D eigenvalue weighted by Gasteiger charge is -2.32. The van der Waals surface area contributed by atoms with Gasteiger partial charge in [-0.1, -0.05) is 25.1 Å². The van der Waals surface area contributed by atoms with Crippen LogP contribution in [0.3, 0.4) is 0 Å². The van der Waals surface area contributed by atoms with E-state index in [1.165, 1.54) is 0 Å². The van der Waals surface area contributed by atoms with Crippen LogP contribution in [-0.4, -0.2) is 44.5 Å². The molecule has 0 spiro atoms. The predicted octanol–water partition coefficient (Wildman–Crippen LogP) is 5.51. The number of aromatic amines is 1. The minimum Gasteiger partial charge on any atom is -0.462 e. The lowest BCUT2D eigenvalue weighted by Crippen LogP contribution is -2.43. The fraction of sp³-hybridized carbons (Fsp3) is 0.429. The zero-order valence-electron chi connectivity index (χ0n) is 21.5. The molecule has 2 heterocycles. The van der Waals surface area contributed by atoms with Crippen LogP contribution in [0.15, 0.2) is 42.7 Å². The quantitative estimate of drug-likeness (QED) is 0.421. The largest absolute Gasteiger partial charge is 0.462 e. The van der Waals surface area contributed by atoms with Gasteiger partial charge >= 0.3 is 5.97 Å². The second kappa shape index (κ2) is 11.4. The van der Waals surface area contributed by atoms with Crippen LogP contribution in [0.5, 0.6) is 0 Å². The number of aromatic nitrogens is 4. The number of hydrogen-bond donors (Lipinski definition) is 1. The van der Waals surface area contributed by atoms with Crippen LogP contribution in [0.25, 0.3) is 17.8 Å². The highest BCUT2D eigenvalue weighted by Crippen LogP contribution is 2.33. The number of nitrogens with one attached hydrogen (secondary N) is 1. The van der Waals surface area contributed by atoms with Gasteiger partial charge in [-0.15, -0.1) is 5.10 Å². The number of carbonyl (C=O) groups excluding carboxylic acids is 2. The number of amides is 1. The van der Waals surface area contributed by atoms with Gasteiger partial charge in [0.15, 0.2) is 5.82 Å². The van der Waals surface area contributed by atoms with Crippen molar-refractivity contribution in [3.63, 3.8) is 0 Å². The first-order chi connectivity index (χ1) is 17.4. The minimum atomic E-state index is -0.479. The van der Waals surface area contributed by atoms with E-state index in [4.69, 9.17) is 9.84 Å². The molecular formula is C28H35N5O3. The summed E-state index contributed by atoms with van der Waals surface area (Å²) < 4.78 is 6.97. The number of esters is 1. The van der Waals surface area contributed by atoms with Gasteiger partial charge in [-0.05, 0) is 82.2 Å². The van der Waals surface area contributed by atoms with Crippen LogP contribution in [0.4, 0.5) is 5.82 Å². The van der Waals surface area contributed by atoms with Crippen molar-refractivity contribution in [2.75, 3.05) is 11.5 Å². The van der Waals surface area contributed by atoms with Gasteiger partial charge in [-0.2, -0.15) is 5.10 Å². The molecule has 8 nitrogen and oxygen atoms in total. The molecule has 1 fully saturated rings. The van der Waals surface area contributed by atoms with E-state index in [-0.39, 0.29) is 24.5 Å². The van der Waals surface area contributed by atoms with E-state index >= 15 is 0 Å². The molecule has 8 heteroatoms. The molecule has 0 atom stereocenters. The Morgan fingerprint density at radius 1 is 1.14 bits per heavy atom. The third-order valence-corrected chi connectivity index (χ3v) is 6.66. The SMILES string of the molecule is CCOC(=O)c1cn(-c2ccc(C=Cc3cc[nH]n3)cc2)nc1N(C(=O)[C@H]1CC[C@H](C)CC1)C(C)C. The Morgan fingerprint density at radius 3 is 2.47 bits per heavy atom. The Bertz CT molecular complexity index is 1190. The maximum absolute atomic E-state index is 13.6. The Morgan fingerprint density at radius 2 is 1.86 bits per heavy atom. The molecule has 1 aromatic carbocycles. The lowest BCUT2D eigenvalue weighted by atomic mass is 9.82. The van der Waals surface area contributed by atoms with Gasteiger partial charge in [-0.25, -0.2) is 9.48 Å². The van der Waals surface area contributed by atoms with Crippen LogP contribution in [0.1, 0.15) is 75.0 Å². The first-order valence-corrected chi connectivity index (χ1v) is 12.8. The fourth-order valence-electron chi connectivity index (χ4n) is 4.62. The predicted molar refractivity (Wildman–Crippen MR) is 141 cm³/mol. The number of rotatable bonds is 8. The first kappa shape index (κ1) is 25.4. The van der Waals surface area contributed by atoms with E-state index in [1.807, 2.05) is 56.3 Å². The standard InChI is InChI=1S/C28H35N5O3/c1-5-36-28(35)25-18-32(24-14-9-21(10-15-24)8-13-23-16-17-29-30-23)31-26(25)33(19(2)3)27(34)22-11-6-20(4)7-12-22/h8-10,13-20,22H,5-7,11-12H2,1-4H3,(H,29,30)/t20-,22-. The zero-order valence-corrected chi connectivity index (χ0v) is 21.5. The summed E-state index contributed by atoms with van der Waals surface area (Å²) in [5.74, 6) is 0.506. The Hall–Kier alpha value is -3.68. The first-order valence-electron chi connectivity index (χ1n) is 12.8. The smallest absolute Gasteiger partial charge is 0.343 e. The highest BCUT2D eigenvalue weighted by Gasteiger charge is 2.34. The van der Waals surface area contributed by atoms with Gasteiger partial charge in [0.05, 0.1) is 18.0 Å². The van der Waals surface area contributed by atoms with Crippen LogP contribution in [-0.2, 0) is 9.53 Å². The molecule has 0 saturated heterocycles. The summed E-state index contributed by atoms with van der Waals surface area (Å²) in [5.41, 5.74) is 2.93. The van der Waals surface area contributed by atoms with Gasteiger partial charge in [0.25, 0.3) is 0 Å². The Labute approximate surface area is 212 Å². The molecule has 1 amide bonds. The minimum absolute atomic E-state index is 0.0338. The summed E-state index contributed by atoms with van der Waals surface area (Å²) in [6.07, 6.45) is 11.2. The maximum Gasteiger partial charge on any atom is 0.343 e. The summed E-state index contributed by atoms with van der Waals surface area (Å²) in [6.45, 7) is 8.16. The Kier molecular flexibility index (Phi) is 8.03. The highest BCUT2D eigenvalue weighted by atomic mass is 16.5. The Balaban J connectivity index is 1.65. The molecule has 1 N–H and O–H groups in total. The molecule has 0 unspecified atom stereocenters. The molecule has 1 saturated carbocycles. The number of carbonyl (C=O) groups is 2. The zero-order chi connectivity index (χ0) is 25.7. The fourth-order valence-corrected chi connectivity index (χ4v) is 4.62. The van der Waals surface area contributed by atoms with Crippen LogP contribution >= 0.6 is 0 Å². The van der Waals surface area contributed by atoms with E-state index < -0.39 is 5.97 Å². The topological polar surface area (TPSA) is 93.1 Å². The van der Waals surface area contributed by atoms with Crippen molar-refractivity contribution in [2.45, 2.75) is 59.4 Å². The van der Waals surface area contributed by atoms with E-state index in [9.17, 15) is 9.59 Å². The van der Waals surface area contributed by atoms with Crippen molar-refractivity contribution in [1.82, 2.24) is 20.0 Å². The van der Waals surface area contributed by atoms with Crippen molar-refractivity contribution < 1.29 is 14.3 Å². The third-order valence-electron chi connectivity index (χ3n) is 6.66. The molecule has 3 aromatic rings. The summed E-state index contributed by atoms with van der Waals surface area (Å²) in [7, 11) is 0. The molecule has 1 aliphatic carbocycles. The van der Waals surface area contributed by atoms with E-state index in [1.54, 1.807) is 28.9 Å². The van der Waals surface area contributed by atoms with Crippen molar-refractivity contribution in [3.8, 4) is 5.69 Å². The number of hydrogen-bond acceptors (Lipinski definition) is 5. The second-order valence-electron chi connectivity index (χ2n) is 9.71. The van der Waals surface area contributed by atoms with Gasteiger partial charge in [0, 0.05) is 24.4 Å².